The van der Waals surface area contributed by atoms with E-state index in [1.807, 2.05) is 0 Å². The lowest BCUT2D eigenvalue weighted by Gasteiger charge is -2.25. The number of ketones is 1. The van der Waals surface area contributed by atoms with Gasteiger partial charge in [-0.1, -0.05) is 32.3 Å². The number of ether oxygens (including phenoxy) is 5. The second-order valence-electron chi connectivity index (χ2n) is 8.10. The van der Waals surface area contributed by atoms with Crippen molar-refractivity contribution in [1.82, 2.24) is 0 Å². The number of unbranched alkanes of at least 4 members (excludes halogenated alkanes) is 2. The average Bonchev–Trinajstić information content (AvgIpc) is 2.75. The van der Waals surface area contributed by atoms with E-state index in [0.717, 1.165) is 19.3 Å². The van der Waals surface area contributed by atoms with Gasteiger partial charge in [0.15, 0.2) is 0 Å². The fourth-order valence-electron chi connectivity index (χ4n) is 3.66. The molecule has 5 atom stereocenters. The van der Waals surface area contributed by atoms with Crippen molar-refractivity contribution in [2.75, 3.05) is 35.2 Å². The van der Waals surface area contributed by atoms with Gasteiger partial charge in [0.05, 0.1) is 30.5 Å². The van der Waals surface area contributed by atoms with Crippen LogP contribution in [0.4, 0.5) is 0 Å². The average molecular weight is 447 g/mol. The Kier molecular flexibility index (Phi) is 19.3. The Morgan fingerprint density at radius 3 is 2.10 bits per heavy atom. The monoisotopic (exact) mass is 446 g/mol. The maximum atomic E-state index is 12.5. The number of hydrogen-bond acceptors (Lipinski definition) is 7. The summed E-state index contributed by atoms with van der Waals surface area (Å²) in [4.78, 5) is 12.5. The van der Waals surface area contributed by atoms with Crippen molar-refractivity contribution in [2.24, 2.45) is 0 Å². The summed E-state index contributed by atoms with van der Waals surface area (Å²) in [6.07, 6.45) is 7.71. The van der Waals surface area contributed by atoms with Crippen LogP contribution in [0.5, 0.6) is 0 Å². The molecule has 0 aliphatic rings. The Morgan fingerprint density at radius 2 is 1.55 bits per heavy atom. The fourth-order valence-corrected chi connectivity index (χ4v) is 3.66. The smallest absolute Gasteiger partial charge is 0.146 e. The van der Waals surface area contributed by atoms with Gasteiger partial charge in [-0.2, -0.15) is 0 Å². The second kappa shape index (κ2) is 19.8. The number of methoxy groups -OCH3 is 4. The summed E-state index contributed by atoms with van der Waals surface area (Å²) in [7, 11) is 6.57. The van der Waals surface area contributed by atoms with Gasteiger partial charge in [-0.3, -0.25) is 4.79 Å². The van der Waals surface area contributed by atoms with E-state index in [-0.39, 0.29) is 49.8 Å². The maximum absolute atomic E-state index is 12.5. The fraction of sp³-hybridized carbons (Fsp3) is 0.875. The molecule has 0 saturated carbocycles. The quantitative estimate of drug-likeness (QED) is 0.153. The number of carbonyl (C=O) groups is 1. The highest BCUT2D eigenvalue weighted by Gasteiger charge is 2.24. The van der Waals surface area contributed by atoms with Crippen molar-refractivity contribution in [3.63, 3.8) is 0 Å². The van der Waals surface area contributed by atoms with Crippen LogP contribution in [-0.2, 0) is 28.5 Å². The summed E-state index contributed by atoms with van der Waals surface area (Å²) in [6.45, 7) is 6.03. The number of carbonyl (C=O) groups excluding carboxylic acids is 1. The summed E-state index contributed by atoms with van der Waals surface area (Å²) in [6, 6.07) is 0. The van der Waals surface area contributed by atoms with Crippen LogP contribution < -0.4 is 0 Å². The Bertz CT molecular complexity index is 444. The van der Waals surface area contributed by atoms with Gasteiger partial charge < -0.3 is 28.8 Å². The Labute approximate surface area is 189 Å². The Balaban J connectivity index is 4.56. The van der Waals surface area contributed by atoms with Crippen molar-refractivity contribution in [1.29, 1.82) is 0 Å². The van der Waals surface area contributed by atoms with E-state index in [9.17, 15) is 9.90 Å². The number of rotatable bonds is 22. The highest BCUT2D eigenvalue weighted by atomic mass is 16.7. The summed E-state index contributed by atoms with van der Waals surface area (Å²) in [5, 5.41) is 10.3. The lowest BCUT2D eigenvalue weighted by molar-refractivity contribution is -0.125. The molecule has 0 saturated heterocycles. The normalized spacial score (nSPS) is 16.5. The second-order valence-corrected chi connectivity index (χ2v) is 8.10. The van der Waals surface area contributed by atoms with Gasteiger partial charge in [-0.05, 0) is 19.3 Å². The minimum atomic E-state index is -0.776. The molecule has 0 amide bonds. The van der Waals surface area contributed by atoms with E-state index in [1.54, 1.807) is 34.5 Å². The minimum Gasteiger partial charge on any atom is -0.393 e. The summed E-state index contributed by atoms with van der Waals surface area (Å²) in [5.41, 5.74) is 0. The van der Waals surface area contributed by atoms with E-state index < -0.39 is 6.10 Å². The molecule has 0 aliphatic heterocycles. The largest absolute Gasteiger partial charge is 0.393 e. The molecular weight excluding hydrogens is 400 g/mol. The van der Waals surface area contributed by atoms with Crippen LogP contribution in [0.2, 0.25) is 0 Å². The van der Waals surface area contributed by atoms with Gasteiger partial charge in [0.1, 0.15) is 12.6 Å². The Morgan fingerprint density at radius 1 is 0.903 bits per heavy atom. The van der Waals surface area contributed by atoms with Crippen molar-refractivity contribution in [3.05, 3.63) is 12.7 Å². The zero-order valence-corrected chi connectivity index (χ0v) is 20.3. The summed E-state index contributed by atoms with van der Waals surface area (Å²) in [5.74, 6) is -0.0375. The van der Waals surface area contributed by atoms with Crippen molar-refractivity contribution >= 4 is 5.78 Å². The van der Waals surface area contributed by atoms with E-state index >= 15 is 0 Å². The molecule has 0 radical (unpaired) electrons. The number of Topliss-reactive ketones (excluding diaryl/α,β-unsaturated/α-hetero) is 1. The zero-order chi connectivity index (χ0) is 23.5. The SMILES string of the molecule is C=CC[C@@H](C[C@H](O)CC(=O)C[C@@H](C[C@@H](C[C@@H](CCCCC)OC)OC)OC)OCOC. The molecule has 184 valence electrons. The van der Waals surface area contributed by atoms with Gasteiger partial charge in [-0.25, -0.2) is 0 Å². The Hall–Kier alpha value is -0.830. The summed E-state index contributed by atoms with van der Waals surface area (Å²) >= 11 is 0. The van der Waals surface area contributed by atoms with Crippen LogP contribution in [0.25, 0.3) is 0 Å². The molecule has 0 rings (SSSR count). The topological polar surface area (TPSA) is 83.5 Å². The maximum Gasteiger partial charge on any atom is 0.146 e. The molecule has 7 heteroatoms. The predicted octanol–water partition coefficient (Wildman–Crippen LogP) is 4.06. The predicted molar refractivity (Wildman–Crippen MR) is 122 cm³/mol. The molecule has 0 unspecified atom stereocenters. The third-order valence-electron chi connectivity index (χ3n) is 5.49. The van der Waals surface area contributed by atoms with Crippen LogP contribution in [0.15, 0.2) is 12.7 Å². The van der Waals surface area contributed by atoms with Crippen LogP contribution in [0.1, 0.15) is 71.1 Å². The first-order valence-corrected chi connectivity index (χ1v) is 11.4. The number of aliphatic hydroxyl groups is 1. The zero-order valence-electron chi connectivity index (χ0n) is 20.3. The molecule has 0 aliphatic carbocycles. The van der Waals surface area contributed by atoms with Gasteiger partial charge >= 0.3 is 0 Å². The van der Waals surface area contributed by atoms with Gasteiger partial charge in [0.25, 0.3) is 0 Å². The van der Waals surface area contributed by atoms with Crippen molar-refractivity contribution in [2.45, 2.75) is 102 Å². The van der Waals surface area contributed by atoms with Crippen LogP contribution >= 0.6 is 0 Å². The lowest BCUT2D eigenvalue weighted by Crippen LogP contribution is -2.29. The van der Waals surface area contributed by atoms with Crippen molar-refractivity contribution < 1.29 is 33.6 Å². The van der Waals surface area contributed by atoms with Crippen LogP contribution in [0.3, 0.4) is 0 Å². The van der Waals surface area contributed by atoms with Crippen LogP contribution in [0, 0.1) is 0 Å². The lowest BCUT2D eigenvalue weighted by atomic mass is 9.96. The molecular formula is C24H46O7. The third-order valence-corrected chi connectivity index (χ3v) is 5.49. The van der Waals surface area contributed by atoms with Gasteiger partial charge in [0, 0.05) is 54.1 Å². The van der Waals surface area contributed by atoms with Gasteiger partial charge in [-0.15, -0.1) is 6.58 Å². The molecule has 0 heterocycles. The molecule has 1 N–H and O–H groups in total. The summed E-state index contributed by atoms with van der Waals surface area (Å²) < 4.78 is 27.2. The standard InChI is InChI=1S/C24H46O7/c1-7-9-10-12-21(28-4)16-24(30-6)17-23(29-5)15-20(26)13-19(25)14-22(11-8-2)31-18-27-3/h8,19,21-25H,2,7,9-18H2,1,3-6H3/t19-,21-,22+,23+,24-/m1/s1. The molecule has 0 aromatic carbocycles. The van der Waals surface area contributed by atoms with Crippen molar-refractivity contribution in [3.8, 4) is 0 Å². The van der Waals surface area contributed by atoms with Crippen LogP contribution in [-0.4, -0.2) is 76.6 Å². The van der Waals surface area contributed by atoms with E-state index in [4.69, 9.17) is 23.7 Å². The first-order chi connectivity index (χ1) is 14.9. The van der Waals surface area contributed by atoms with E-state index in [1.165, 1.54) is 12.8 Å². The van der Waals surface area contributed by atoms with E-state index in [2.05, 4.69) is 13.5 Å². The molecule has 7 nitrogen and oxygen atoms in total. The first-order valence-electron chi connectivity index (χ1n) is 11.4. The molecule has 31 heavy (non-hydrogen) atoms. The molecule has 0 bridgehead atoms. The molecule has 0 spiro atoms. The molecule has 0 aromatic heterocycles. The molecule has 0 aromatic rings. The van der Waals surface area contributed by atoms with E-state index in [0.29, 0.717) is 19.3 Å². The molecule has 0 fully saturated rings. The highest BCUT2D eigenvalue weighted by Crippen LogP contribution is 2.20. The number of aliphatic hydroxyl groups excluding tert-OH is 1. The first kappa shape index (κ1) is 30.2. The third kappa shape index (κ3) is 15.6. The number of hydrogen-bond donors (Lipinski definition) is 1. The van der Waals surface area contributed by atoms with Gasteiger partial charge in [0.2, 0.25) is 0 Å². The minimum absolute atomic E-state index is 0.0375. The highest BCUT2D eigenvalue weighted by molar-refractivity contribution is 5.79.